The summed E-state index contributed by atoms with van der Waals surface area (Å²) in [6, 6.07) is 9.74. The second-order valence-corrected chi connectivity index (χ2v) is 10.2. The summed E-state index contributed by atoms with van der Waals surface area (Å²) in [4.78, 5) is 26.8. The van der Waals surface area contributed by atoms with E-state index in [0.717, 1.165) is 41.1 Å². The molecule has 1 N–H and O–H groups in total. The predicted octanol–water partition coefficient (Wildman–Crippen LogP) is 4.39. The van der Waals surface area contributed by atoms with Crippen molar-refractivity contribution in [3.63, 3.8) is 0 Å². The molecule has 34 heavy (non-hydrogen) atoms. The number of anilines is 2. The molecule has 0 amide bonds. The number of hydrogen-bond acceptors (Lipinski definition) is 7. The third-order valence-electron chi connectivity index (χ3n) is 6.79. The van der Waals surface area contributed by atoms with Gasteiger partial charge in [-0.15, -0.1) is 0 Å². The predicted molar refractivity (Wildman–Crippen MR) is 129 cm³/mol. The van der Waals surface area contributed by atoms with Gasteiger partial charge >= 0.3 is 11.9 Å². The van der Waals surface area contributed by atoms with Crippen molar-refractivity contribution in [2.24, 2.45) is 0 Å². The minimum absolute atomic E-state index is 0.00423. The highest BCUT2D eigenvalue weighted by Gasteiger charge is 2.46. The third-order valence-corrected chi connectivity index (χ3v) is 7.10. The van der Waals surface area contributed by atoms with Gasteiger partial charge in [0.1, 0.15) is 11.4 Å². The highest BCUT2D eigenvalue weighted by atomic mass is 35.5. The average molecular weight is 485 g/mol. The van der Waals surface area contributed by atoms with Crippen molar-refractivity contribution in [3.05, 3.63) is 52.0 Å². The van der Waals surface area contributed by atoms with E-state index in [-0.39, 0.29) is 25.0 Å². The molecule has 0 saturated carbocycles. The van der Waals surface area contributed by atoms with E-state index >= 15 is 0 Å². The molecule has 2 aromatic rings. The van der Waals surface area contributed by atoms with Crippen LogP contribution < -0.4 is 15.0 Å². The van der Waals surface area contributed by atoms with Crippen LogP contribution in [0.2, 0.25) is 5.02 Å². The number of nitrogens with one attached hydrogen (secondary N) is 1. The Balaban J connectivity index is 1.59. The third kappa shape index (κ3) is 4.12. The fourth-order valence-electron chi connectivity index (χ4n) is 5.00. The van der Waals surface area contributed by atoms with Gasteiger partial charge in [0.2, 0.25) is 0 Å². The second kappa shape index (κ2) is 8.47. The Hall–Kier alpha value is -2.77. The van der Waals surface area contributed by atoms with Gasteiger partial charge in [0.25, 0.3) is 5.79 Å². The molecule has 0 atom stereocenters. The maximum absolute atomic E-state index is 12.4. The molecule has 1 fully saturated rings. The summed E-state index contributed by atoms with van der Waals surface area (Å²) < 4.78 is 17.7. The molecule has 0 bridgehead atoms. The lowest BCUT2D eigenvalue weighted by atomic mass is 9.93. The van der Waals surface area contributed by atoms with Crippen LogP contribution in [-0.4, -0.2) is 37.7 Å². The second-order valence-electron chi connectivity index (χ2n) is 9.76. The first-order valence-corrected chi connectivity index (χ1v) is 12.1. The van der Waals surface area contributed by atoms with Crippen LogP contribution in [0, 0.1) is 0 Å². The molecular formula is C26H29ClN2O5. The van der Waals surface area contributed by atoms with Crippen molar-refractivity contribution < 1.29 is 23.8 Å². The quantitative estimate of drug-likeness (QED) is 0.633. The Morgan fingerprint density at radius 2 is 1.71 bits per heavy atom. The largest absolute Gasteiger partial charge is 0.488 e. The number of halogens is 1. The van der Waals surface area contributed by atoms with Gasteiger partial charge in [0, 0.05) is 18.3 Å². The number of fused-ring (bicyclic) bond motifs is 3. The molecule has 8 heteroatoms. The number of rotatable bonds is 2. The number of benzene rings is 2. The first-order chi connectivity index (χ1) is 16.2. The van der Waals surface area contributed by atoms with Gasteiger partial charge in [-0.2, -0.15) is 0 Å². The fourth-order valence-corrected chi connectivity index (χ4v) is 5.31. The van der Waals surface area contributed by atoms with Gasteiger partial charge in [-0.3, -0.25) is 9.59 Å². The van der Waals surface area contributed by atoms with E-state index in [0.29, 0.717) is 23.6 Å². The first kappa shape index (κ1) is 23.0. The molecule has 180 valence electrons. The van der Waals surface area contributed by atoms with Gasteiger partial charge < -0.3 is 24.4 Å². The standard InChI is InChI=1S/C26H29ClN2O5/c1-25(2)12-10-16-14-17(4-7-21(16)32-25)29(3)24-18-11-13-28-15-26(19(18)5-6-20(24)27)33-22(30)8-9-23(31)34-26/h4-7,14,28H,8-13,15H2,1-3H3. The lowest BCUT2D eigenvalue weighted by Crippen LogP contribution is -2.43. The summed E-state index contributed by atoms with van der Waals surface area (Å²) in [5, 5.41) is 3.83. The van der Waals surface area contributed by atoms with Crippen LogP contribution in [-0.2, 0) is 37.7 Å². The van der Waals surface area contributed by atoms with Crippen LogP contribution in [0.5, 0.6) is 5.75 Å². The molecule has 7 nitrogen and oxygen atoms in total. The first-order valence-electron chi connectivity index (χ1n) is 11.7. The zero-order valence-electron chi connectivity index (χ0n) is 19.7. The number of nitrogens with zero attached hydrogens (tertiary/aromatic N) is 1. The molecule has 3 heterocycles. The van der Waals surface area contributed by atoms with E-state index in [9.17, 15) is 9.59 Å². The van der Waals surface area contributed by atoms with E-state index in [4.69, 9.17) is 25.8 Å². The van der Waals surface area contributed by atoms with Crippen molar-refractivity contribution in [1.82, 2.24) is 5.32 Å². The SMILES string of the molecule is CN(c1ccc2c(c1)CCC(C)(C)O2)c1c(Cl)ccc2c1CCNCC21OC(=O)CCC(=O)O1. The molecule has 3 aliphatic rings. The zero-order chi connectivity index (χ0) is 24.1. The number of hydrogen-bond donors (Lipinski definition) is 1. The van der Waals surface area contributed by atoms with Crippen LogP contribution in [0.15, 0.2) is 30.3 Å². The molecule has 0 radical (unpaired) electrons. The van der Waals surface area contributed by atoms with Gasteiger partial charge in [0.05, 0.1) is 30.1 Å². The van der Waals surface area contributed by atoms with E-state index in [1.807, 2.05) is 24.1 Å². The van der Waals surface area contributed by atoms with Crippen LogP contribution in [0.3, 0.4) is 0 Å². The lowest BCUT2D eigenvalue weighted by Gasteiger charge is -2.34. The maximum Gasteiger partial charge on any atom is 0.309 e. The van der Waals surface area contributed by atoms with Gasteiger partial charge in [-0.05, 0) is 81.1 Å². The highest BCUT2D eigenvalue weighted by molar-refractivity contribution is 6.33. The van der Waals surface area contributed by atoms with Crippen LogP contribution in [0.4, 0.5) is 11.4 Å². The van der Waals surface area contributed by atoms with Crippen LogP contribution in [0.1, 0.15) is 49.8 Å². The van der Waals surface area contributed by atoms with Crippen molar-refractivity contribution in [1.29, 1.82) is 0 Å². The Morgan fingerprint density at radius 1 is 0.971 bits per heavy atom. The van der Waals surface area contributed by atoms with Gasteiger partial charge in [-0.25, -0.2) is 0 Å². The average Bonchev–Trinajstić information content (AvgIpc) is 3.05. The molecule has 1 spiro atoms. The molecule has 0 unspecified atom stereocenters. The Kier molecular flexibility index (Phi) is 5.73. The molecular weight excluding hydrogens is 456 g/mol. The topological polar surface area (TPSA) is 77.1 Å². The number of carbonyl (C=O) groups is 2. The summed E-state index contributed by atoms with van der Waals surface area (Å²) in [5.41, 5.74) is 4.30. The Labute approximate surface area is 204 Å². The Bertz CT molecular complexity index is 1140. The van der Waals surface area contributed by atoms with E-state index in [1.54, 1.807) is 12.1 Å². The Morgan fingerprint density at radius 3 is 2.44 bits per heavy atom. The minimum Gasteiger partial charge on any atom is -0.488 e. The van der Waals surface area contributed by atoms with Gasteiger partial charge in [0.15, 0.2) is 0 Å². The van der Waals surface area contributed by atoms with Crippen molar-refractivity contribution in [3.8, 4) is 5.75 Å². The lowest BCUT2D eigenvalue weighted by molar-refractivity contribution is -0.225. The molecule has 0 aliphatic carbocycles. The number of ether oxygens (including phenoxy) is 3. The van der Waals surface area contributed by atoms with E-state index in [1.165, 1.54) is 0 Å². The smallest absolute Gasteiger partial charge is 0.309 e. The normalized spacial score (nSPS) is 20.7. The minimum atomic E-state index is -1.51. The summed E-state index contributed by atoms with van der Waals surface area (Å²) in [5.74, 6) is -1.51. The van der Waals surface area contributed by atoms with Crippen molar-refractivity contribution >= 4 is 34.9 Å². The van der Waals surface area contributed by atoms with Gasteiger partial charge in [-0.1, -0.05) is 11.6 Å². The number of aryl methyl sites for hydroxylation is 1. The fraction of sp³-hybridized carbons (Fsp3) is 0.462. The van der Waals surface area contributed by atoms with E-state index < -0.39 is 17.7 Å². The summed E-state index contributed by atoms with van der Waals surface area (Å²) in [6.45, 7) is 5.02. The highest BCUT2D eigenvalue weighted by Crippen LogP contribution is 2.44. The molecule has 3 aliphatic heterocycles. The molecule has 0 aromatic heterocycles. The van der Waals surface area contributed by atoms with Crippen LogP contribution >= 0.6 is 11.6 Å². The van der Waals surface area contributed by atoms with Crippen molar-refractivity contribution in [2.75, 3.05) is 25.0 Å². The number of esters is 2. The monoisotopic (exact) mass is 484 g/mol. The molecule has 5 rings (SSSR count). The van der Waals surface area contributed by atoms with E-state index in [2.05, 4.69) is 25.2 Å². The molecule has 2 aromatic carbocycles. The summed E-state index contributed by atoms with van der Waals surface area (Å²) in [7, 11) is 1.97. The summed E-state index contributed by atoms with van der Waals surface area (Å²) in [6.07, 6.45) is 2.52. The maximum atomic E-state index is 12.4. The van der Waals surface area contributed by atoms with Crippen LogP contribution in [0.25, 0.3) is 0 Å². The summed E-state index contributed by atoms with van der Waals surface area (Å²) >= 11 is 6.75. The van der Waals surface area contributed by atoms with Crippen molar-refractivity contribution in [2.45, 2.75) is 57.3 Å². The molecule has 1 saturated heterocycles. The number of carbonyl (C=O) groups excluding carboxylic acids is 2. The zero-order valence-corrected chi connectivity index (χ0v) is 20.5.